The third kappa shape index (κ3) is 2.36. The van der Waals surface area contributed by atoms with E-state index in [1.54, 1.807) is 0 Å². The Hall–Kier alpha value is -1.32. The maximum absolute atomic E-state index is 10.3. The van der Waals surface area contributed by atoms with Crippen LogP contribution in [-0.4, -0.2) is 5.11 Å². The Labute approximate surface area is 127 Å². The third-order valence-corrected chi connectivity index (χ3v) is 4.53. The van der Waals surface area contributed by atoms with E-state index in [1.165, 1.54) is 11.1 Å². The van der Waals surface area contributed by atoms with Crippen LogP contribution in [0, 0.1) is 13.8 Å². The van der Waals surface area contributed by atoms with E-state index >= 15 is 0 Å². The second-order valence-electron chi connectivity index (χ2n) is 5.33. The molecule has 2 aromatic rings. The number of benzene rings is 2. The van der Waals surface area contributed by atoms with E-state index in [0.29, 0.717) is 6.42 Å². The fraction of sp³-hybridized carbons (Fsp3) is 0.294. The van der Waals surface area contributed by atoms with Gasteiger partial charge in [0.25, 0.3) is 0 Å². The zero-order valence-corrected chi connectivity index (χ0v) is 13.1. The number of hydrogen-bond donors (Lipinski definition) is 1. The molecule has 20 heavy (non-hydrogen) atoms. The van der Waals surface area contributed by atoms with Gasteiger partial charge in [-0.1, -0.05) is 40.2 Å². The van der Waals surface area contributed by atoms with Gasteiger partial charge in [-0.25, -0.2) is 0 Å². The summed E-state index contributed by atoms with van der Waals surface area (Å²) in [7, 11) is 0. The molecule has 0 aliphatic carbocycles. The summed E-state index contributed by atoms with van der Waals surface area (Å²) >= 11 is 3.45. The highest BCUT2D eigenvalue weighted by molar-refractivity contribution is 9.10. The second kappa shape index (κ2) is 5.23. The summed E-state index contributed by atoms with van der Waals surface area (Å²) in [6.07, 6.45) is 0.0299. The van der Waals surface area contributed by atoms with Gasteiger partial charge in [0.2, 0.25) is 0 Å². The predicted molar refractivity (Wildman–Crippen MR) is 83.0 cm³/mol. The topological polar surface area (TPSA) is 29.5 Å². The zero-order chi connectivity index (χ0) is 14.3. The van der Waals surface area contributed by atoms with Crippen molar-refractivity contribution in [2.24, 2.45) is 0 Å². The first kappa shape index (κ1) is 13.7. The highest BCUT2D eigenvalue weighted by atomic mass is 79.9. The quantitative estimate of drug-likeness (QED) is 0.825. The molecule has 0 spiro atoms. The molecule has 0 amide bonds. The summed E-state index contributed by atoms with van der Waals surface area (Å²) in [5.74, 6) is 0.768. The van der Waals surface area contributed by atoms with Gasteiger partial charge >= 0.3 is 0 Å². The molecule has 0 fully saturated rings. The van der Waals surface area contributed by atoms with Gasteiger partial charge < -0.3 is 9.84 Å². The van der Waals surface area contributed by atoms with Crippen LogP contribution in [0.25, 0.3) is 0 Å². The first-order chi connectivity index (χ1) is 9.56. The van der Waals surface area contributed by atoms with Crippen molar-refractivity contribution in [3.63, 3.8) is 0 Å². The van der Waals surface area contributed by atoms with Gasteiger partial charge in [0.15, 0.2) is 0 Å². The number of ether oxygens (including phenoxy) is 1. The average molecular weight is 333 g/mol. The second-order valence-corrected chi connectivity index (χ2v) is 6.24. The van der Waals surface area contributed by atoms with Crippen LogP contribution in [0.4, 0.5) is 0 Å². The van der Waals surface area contributed by atoms with Crippen LogP contribution in [-0.2, 0) is 0 Å². The number of aliphatic hydroxyl groups is 1. The zero-order valence-electron chi connectivity index (χ0n) is 11.6. The molecule has 0 saturated heterocycles. The summed E-state index contributed by atoms with van der Waals surface area (Å²) in [5, 5.41) is 10.3. The molecule has 1 heterocycles. The highest BCUT2D eigenvalue weighted by Crippen LogP contribution is 2.42. The number of aliphatic hydroxyl groups excluding tert-OH is 1. The molecule has 1 unspecified atom stereocenters. The van der Waals surface area contributed by atoms with Gasteiger partial charge in [0.1, 0.15) is 11.9 Å². The van der Waals surface area contributed by atoms with E-state index in [4.69, 9.17) is 4.74 Å². The lowest BCUT2D eigenvalue weighted by molar-refractivity contribution is 0.0653. The number of hydrogen-bond acceptors (Lipinski definition) is 2. The van der Waals surface area contributed by atoms with Crippen molar-refractivity contribution in [2.45, 2.75) is 32.5 Å². The molecular weight excluding hydrogens is 316 g/mol. The van der Waals surface area contributed by atoms with Crippen LogP contribution in [0.15, 0.2) is 40.9 Å². The van der Waals surface area contributed by atoms with Crippen LogP contribution in [0.3, 0.4) is 0 Å². The van der Waals surface area contributed by atoms with Gasteiger partial charge in [-0.3, -0.25) is 0 Å². The minimum absolute atomic E-state index is 0.0910. The molecule has 0 bridgehead atoms. The van der Waals surface area contributed by atoms with Crippen LogP contribution >= 0.6 is 15.9 Å². The van der Waals surface area contributed by atoms with E-state index < -0.39 is 6.10 Å². The van der Waals surface area contributed by atoms with Gasteiger partial charge in [-0.15, -0.1) is 0 Å². The normalized spacial score (nSPS) is 21.2. The summed E-state index contributed by atoms with van der Waals surface area (Å²) < 4.78 is 7.08. The maximum Gasteiger partial charge on any atom is 0.127 e. The molecule has 3 heteroatoms. The molecule has 3 rings (SSSR count). The number of fused-ring (bicyclic) bond motifs is 1. The molecule has 0 saturated carbocycles. The number of aryl methyl sites for hydroxylation is 1. The average Bonchev–Trinajstić information content (AvgIpc) is 2.41. The SMILES string of the molecule is Cc1cccc(C2C[C@@H](O)c3ccc(Br)cc3O2)c1C. The van der Waals surface area contributed by atoms with Crippen LogP contribution in [0.5, 0.6) is 5.75 Å². The lowest BCUT2D eigenvalue weighted by Crippen LogP contribution is -2.20. The van der Waals surface area contributed by atoms with Crippen LogP contribution < -0.4 is 4.74 Å². The van der Waals surface area contributed by atoms with E-state index in [9.17, 15) is 5.11 Å². The van der Waals surface area contributed by atoms with Gasteiger partial charge in [0, 0.05) is 16.5 Å². The smallest absolute Gasteiger partial charge is 0.127 e. The summed E-state index contributed by atoms with van der Waals surface area (Å²) in [5.41, 5.74) is 4.52. The Morgan fingerprint density at radius 3 is 2.75 bits per heavy atom. The van der Waals surface area contributed by atoms with Crippen LogP contribution in [0.1, 0.15) is 40.9 Å². The van der Waals surface area contributed by atoms with Gasteiger partial charge in [0.05, 0.1) is 6.10 Å². The molecule has 1 N–H and O–H groups in total. The minimum atomic E-state index is -0.475. The van der Waals surface area contributed by atoms with E-state index in [2.05, 4.69) is 41.9 Å². The van der Waals surface area contributed by atoms with E-state index in [-0.39, 0.29) is 6.10 Å². The minimum Gasteiger partial charge on any atom is -0.485 e. The van der Waals surface area contributed by atoms with E-state index in [1.807, 2.05) is 24.3 Å². The van der Waals surface area contributed by atoms with E-state index in [0.717, 1.165) is 21.3 Å². The Kier molecular flexibility index (Phi) is 3.57. The fourth-order valence-corrected chi connectivity index (χ4v) is 3.07. The molecule has 1 aliphatic heterocycles. The summed E-state index contributed by atoms with van der Waals surface area (Å²) in [6.45, 7) is 4.21. The Bertz CT molecular complexity index is 651. The van der Waals surface area contributed by atoms with Gasteiger partial charge in [-0.2, -0.15) is 0 Å². The first-order valence-electron chi connectivity index (χ1n) is 6.76. The number of halogens is 1. The molecule has 2 atom stereocenters. The fourth-order valence-electron chi connectivity index (χ4n) is 2.73. The first-order valence-corrected chi connectivity index (χ1v) is 7.56. The third-order valence-electron chi connectivity index (χ3n) is 4.03. The summed E-state index contributed by atoms with van der Waals surface area (Å²) in [4.78, 5) is 0. The Balaban J connectivity index is 2.00. The largest absolute Gasteiger partial charge is 0.485 e. The van der Waals surface area contributed by atoms with Crippen molar-refractivity contribution < 1.29 is 9.84 Å². The number of rotatable bonds is 1. The highest BCUT2D eigenvalue weighted by Gasteiger charge is 2.29. The van der Waals surface area contributed by atoms with Crippen molar-refractivity contribution >= 4 is 15.9 Å². The molecule has 2 aromatic carbocycles. The van der Waals surface area contributed by atoms with Crippen molar-refractivity contribution in [1.82, 2.24) is 0 Å². The molecule has 2 nitrogen and oxygen atoms in total. The van der Waals surface area contributed by atoms with Crippen LogP contribution in [0.2, 0.25) is 0 Å². The molecular formula is C17H17BrO2. The Morgan fingerprint density at radius 1 is 1.15 bits per heavy atom. The predicted octanol–water partition coefficient (Wildman–Crippen LogP) is 4.62. The molecule has 104 valence electrons. The lowest BCUT2D eigenvalue weighted by atomic mass is 9.91. The standard InChI is InChI=1S/C17H17BrO2/c1-10-4-3-5-13(11(10)2)17-9-15(19)14-7-6-12(18)8-16(14)20-17/h3-8,15,17,19H,9H2,1-2H3/t15-,17?/m1/s1. The summed E-state index contributed by atoms with van der Waals surface area (Å²) in [6, 6.07) is 12.0. The molecule has 1 aliphatic rings. The van der Waals surface area contributed by atoms with Crippen molar-refractivity contribution in [3.05, 3.63) is 63.1 Å². The van der Waals surface area contributed by atoms with Crippen molar-refractivity contribution in [1.29, 1.82) is 0 Å². The Morgan fingerprint density at radius 2 is 1.95 bits per heavy atom. The van der Waals surface area contributed by atoms with Crippen molar-refractivity contribution in [2.75, 3.05) is 0 Å². The van der Waals surface area contributed by atoms with Gasteiger partial charge in [-0.05, 0) is 42.7 Å². The monoisotopic (exact) mass is 332 g/mol. The lowest BCUT2D eigenvalue weighted by Gasteiger charge is -2.31. The van der Waals surface area contributed by atoms with Crippen molar-refractivity contribution in [3.8, 4) is 5.75 Å². The molecule has 0 radical (unpaired) electrons. The molecule has 0 aromatic heterocycles. The maximum atomic E-state index is 10.3.